The Labute approximate surface area is 722 Å². The van der Waals surface area contributed by atoms with Crippen LogP contribution in [0, 0.1) is 0 Å². The number of ether oxygens (including phenoxy) is 6. The van der Waals surface area contributed by atoms with Gasteiger partial charge in [-0.15, -0.1) is 0 Å². The molecule has 18 rings (SSSR count). The van der Waals surface area contributed by atoms with E-state index in [9.17, 15) is 126 Å². The van der Waals surface area contributed by atoms with Gasteiger partial charge < -0.3 is 143 Å². The van der Waals surface area contributed by atoms with E-state index in [2.05, 4.69) is 0 Å². The van der Waals surface area contributed by atoms with Crippen LogP contribution in [-0.2, 0) is 0 Å². The van der Waals surface area contributed by atoms with Crippen LogP contribution in [0.25, 0.3) is 89.2 Å². The van der Waals surface area contributed by atoms with Crippen LogP contribution in [0.3, 0.4) is 0 Å². The van der Waals surface area contributed by atoms with Crippen molar-refractivity contribution in [2.24, 2.45) is 0 Å². The van der Waals surface area contributed by atoms with E-state index in [-0.39, 0.29) is 235 Å². The van der Waals surface area contributed by atoms with Crippen molar-refractivity contribution < 1.29 is 153 Å². The zero-order valence-corrected chi connectivity index (χ0v) is 67.3. The lowest BCUT2D eigenvalue weighted by Crippen LogP contribution is -2.20. The summed E-state index contributed by atoms with van der Waals surface area (Å²) in [4.78, 5) is 72.8. The van der Waals surface area contributed by atoms with Gasteiger partial charge in [0.25, 0.3) is 0 Å². The smallest absolute Gasteiger partial charge is 0.197 e. The van der Waals surface area contributed by atoms with Crippen LogP contribution in [0.2, 0.25) is 0 Å². The molecule has 2 atom stereocenters. The number of carbonyl (C=O) groups excluding carboxylic acids is 2. The number of ketones is 2. The number of phenols is 19. The predicted molar refractivity (Wildman–Crippen MR) is 460 cm³/mol. The minimum Gasteiger partial charge on any atom is -0.508 e. The molecular formula is C94H72O35. The molecule has 0 fully saturated rings. The number of phenolic OH excluding ortho intramolecular Hbond substituents is 19. The highest BCUT2D eigenvalue weighted by molar-refractivity contribution is 6.04. The van der Waals surface area contributed by atoms with Crippen molar-refractivity contribution >= 4 is 55.4 Å². The van der Waals surface area contributed by atoms with Gasteiger partial charge in [-0.2, -0.15) is 0 Å². The Kier molecular flexibility index (Phi) is 25.3. The van der Waals surface area contributed by atoms with E-state index in [1.165, 1.54) is 162 Å². The number of fused-ring (bicyclic) bond motifs is 6. The van der Waals surface area contributed by atoms with Crippen LogP contribution < -0.4 is 50.1 Å². The third-order valence-corrected chi connectivity index (χ3v) is 19.7. The Morgan fingerprint density at radius 1 is 0.248 bits per heavy atom. The Morgan fingerprint density at radius 3 is 0.977 bits per heavy atom. The molecule has 12 aromatic carbocycles. The summed E-state index contributed by atoms with van der Waals surface area (Å²) in [7, 11) is 5.71. The molecule has 16 aromatic rings. The molecule has 6 heterocycles. The van der Waals surface area contributed by atoms with E-state index in [0.717, 1.165) is 36.4 Å². The van der Waals surface area contributed by atoms with Crippen molar-refractivity contribution in [3.05, 3.63) is 275 Å². The van der Waals surface area contributed by atoms with Crippen LogP contribution in [-0.4, -0.2) is 137 Å². The Hall–Kier alpha value is -18.2. The fourth-order valence-electron chi connectivity index (χ4n) is 13.5. The SMILES string of the molecule is COc1cc(-c2cc(=O)c3c(O)cc(O)cc3o2)ccc1O.COc1cc(C2CC(=O)c3c(O)cc(O)cc3O2)ccc1O.COc1cc(O)c2c(c1)OC(c1ccc(O)c(O)c1)CC2=O.COc1ccc(-c2cc(=O)c3c(O)cc(O)cc3o2)cc1O.O=c1cc(-c2ccc(O)c(O)c2)oc2cc(O)cc(O)c12.O=c1cc(-c2ccc(O)cc2)oc2cc(O)cc(O)c12. The summed E-state index contributed by atoms with van der Waals surface area (Å²) in [5.41, 5.74) is 1.76. The number of rotatable bonds is 10. The molecule has 2 unspecified atom stereocenters. The molecule has 0 saturated heterocycles. The lowest BCUT2D eigenvalue weighted by atomic mass is 9.95. The molecule has 35 heteroatoms. The molecule has 4 aromatic heterocycles. The van der Waals surface area contributed by atoms with E-state index >= 15 is 0 Å². The van der Waals surface area contributed by atoms with E-state index < -0.39 is 33.9 Å². The van der Waals surface area contributed by atoms with Gasteiger partial charge in [0.05, 0.1) is 41.3 Å². The van der Waals surface area contributed by atoms with Gasteiger partial charge in [0.2, 0.25) is 0 Å². The second kappa shape index (κ2) is 36.9. The van der Waals surface area contributed by atoms with Gasteiger partial charge in [-0.25, -0.2) is 0 Å². The predicted octanol–water partition coefficient (Wildman–Crippen LogP) is 15.1. The maximum atomic E-state index is 12.2. The van der Waals surface area contributed by atoms with Crippen molar-refractivity contribution in [3.63, 3.8) is 0 Å². The molecule has 0 saturated carbocycles. The number of aromatic hydroxyl groups is 19. The highest BCUT2D eigenvalue weighted by atomic mass is 16.5. The normalized spacial score (nSPS) is 12.8. The molecule has 2 aliphatic rings. The minimum atomic E-state index is -0.613. The first kappa shape index (κ1) is 88.6. The topological polar surface area (TPSA) is 595 Å². The Bertz CT molecular complexity index is 7350. The average molecular weight is 1760 g/mol. The maximum absolute atomic E-state index is 12.2. The lowest BCUT2D eigenvalue weighted by Gasteiger charge is -2.26. The van der Waals surface area contributed by atoms with E-state index in [4.69, 9.17) is 46.1 Å². The first-order chi connectivity index (χ1) is 61.5. The molecule has 0 aliphatic carbocycles. The highest BCUT2D eigenvalue weighted by Crippen LogP contribution is 2.47. The highest BCUT2D eigenvalue weighted by Gasteiger charge is 2.34. The number of methoxy groups -OCH3 is 4. The summed E-state index contributed by atoms with van der Waals surface area (Å²) in [5.74, 6) is -2.35. The van der Waals surface area contributed by atoms with E-state index in [1.54, 1.807) is 42.5 Å². The Morgan fingerprint density at radius 2 is 0.574 bits per heavy atom. The summed E-state index contributed by atoms with van der Waals surface area (Å²) in [5, 5.41) is 182. The average Bonchev–Trinajstić information content (AvgIpc) is 0.806. The number of Topliss-reactive ketones (excluding diaryl/α,β-unsaturated/α-hetero) is 2. The largest absolute Gasteiger partial charge is 0.508 e. The molecule has 129 heavy (non-hydrogen) atoms. The van der Waals surface area contributed by atoms with Crippen molar-refractivity contribution in [2.75, 3.05) is 28.4 Å². The summed E-state index contributed by atoms with van der Waals surface area (Å²) >= 11 is 0. The number of benzene rings is 12. The van der Waals surface area contributed by atoms with Crippen LogP contribution in [0.4, 0.5) is 0 Å². The van der Waals surface area contributed by atoms with Crippen molar-refractivity contribution in [1.29, 1.82) is 0 Å². The summed E-state index contributed by atoms with van der Waals surface area (Å²) in [6.45, 7) is 0. The fraction of sp³-hybridized carbons (Fsp3) is 0.0851. The van der Waals surface area contributed by atoms with Crippen molar-refractivity contribution in [2.45, 2.75) is 25.0 Å². The second-order valence-corrected chi connectivity index (χ2v) is 28.3. The zero-order valence-electron chi connectivity index (χ0n) is 67.3. The quantitative estimate of drug-likeness (QED) is 0.0565. The van der Waals surface area contributed by atoms with Gasteiger partial charge in [0.15, 0.2) is 90.8 Å². The zero-order chi connectivity index (χ0) is 92.8. The number of carbonyl (C=O) groups is 2. The third-order valence-electron chi connectivity index (χ3n) is 19.7. The Balaban J connectivity index is 0.000000132. The molecule has 2 aliphatic heterocycles. The van der Waals surface area contributed by atoms with Crippen LogP contribution in [0.15, 0.2) is 249 Å². The first-order valence-corrected chi connectivity index (χ1v) is 37.8. The maximum Gasteiger partial charge on any atom is 0.197 e. The van der Waals surface area contributed by atoms with Gasteiger partial charge in [-0.05, 0) is 114 Å². The first-order valence-electron chi connectivity index (χ1n) is 37.8. The number of hydrogen-bond acceptors (Lipinski definition) is 35. The monoisotopic (exact) mass is 1760 g/mol. The van der Waals surface area contributed by atoms with Gasteiger partial charge >= 0.3 is 0 Å². The van der Waals surface area contributed by atoms with Crippen LogP contribution in [0.5, 0.6) is 144 Å². The summed E-state index contributed by atoms with van der Waals surface area (Å²) in [6.07, 6.45) is -1.13. The minimum absolute atomic E-state index is 0.00714. The van der Waals surface area contributed by atoms with Gasteiger partial charge in [-0.1, -0.05) is 12.1 Å². The van der Waals surface area contributed by atoms with E-state index in [1.807, 2.05) is 0 Å². The summed E-state index contributed by atoms with van der Waals surface area (Å²) in [6, 6.07) is 47.4. The molecule has 35 nitrogen and oxygen atoms in total. The van der Waals surface area contributed by atoms with Gasteiger partial charge in [0.1, 0.15) is 176 Å². The summed E-state index contributed by atoms with van der Waals surface area (Å²) < 4.78 is 53.6. The fourth-order valence-corrected chi connectivity index (χ4v) is 13.5. The molecule has 0 bridgehead atoms. The number of hydrogen-bond donors (Lipinski definition) is 19. The standard InChI is InChI=1S/C16H12O6.C16H14O6.C16H12O6.C16H14O6.C15H10O6.C15H10O5/c1-21-13-3-2-8(4-10(13)18)14-7-12(20)16-11(19)5-9(17)6-15(16)22-14;2*1-21-14-4-8(2-3-10(14)18)13-7-12(20)16-11(19)5-9(17)6-15(16)22-13;1-21-9-5-12(19)16-13(20)7-14(22-15(16)6-9)8-2-3-10(17)11(18)4-8;16-8-4-11(19)15-12(20)6-13(21-14(15)5-8)7-1-2-9(17)10(18)3-7;16-9-3-1-8(2-4-9)13-7-12(19)15-11(18)5-10(17)6-14(15)20-13/h2-7,17-19H,1H3;2-6,13,17-19H,7H2,1H3;2-7,17-19H,1H3;2-6,14,17-19H,7H2,1H3;1-6,16-19H;1-7,16-18H. The molecule has 0 radical (unpaired) electrons. The van der Waals surface area contributed by atoms with Crippen molar-refractivity contribution in [3.8, 4) is 189 Å². The van der Waals surface area contributed by atoms with Crippen molar-refractivity contribution in [1.82, 2.24) is 0 Å². The molecule has 0 amide bonds. The third kappa shape index (κ3) is 19.4. The van der Waals surface area contributed by atoms with Crippen LogP contribution in [0.1, 0.15) is 56.9 Å². The van der Waals surface area contributed by atoms with E-state index in [0.29, 0.717) is 44.9 Å². The van der Waals surface area contributed by atoms with Crippen LogP contribution >= 0.6 is 0 Å². The van der Waals surface area contributed by atoms with Gasteiger partial charge in [0, 0.05) is 119 Å². The van der Waals surface area contributed by atoms with Gasteiger partial charge in [-0.3, -0.25) is 28.8 Å². The molecule has 19 N–H and O–H groups in total. The molecule has 658 valence electrons. The molecule has 0 spiro atoms. The second-order valence-electron chi connectivity index (χ2n) is 28.3. The molecular weight excluding hydrogens is 1690 g/mol. The lowest BCUT2D eigenvalue weighted by molar-refractivity contribution is 0.0834.